The first-order valence-corrected chi connectivity index (χ1v) is 4.37. The van der Waals surface area contributed by atoms with E-state index in [1.165, 1.54) is 0 Å². The highest BCUT2D eigenvalue weighted by atomic mass is 32.1. The van der Waals surface area contributed by atoms with E-state index < -0.39 is 0 Å². The predicted molar refractivity (Wildman–Crippen MR) is 58.2 cm³/mol. The lowest BCUT2D eigenvalue weighted by atomic mass is 9.84. The van der Waals surface area contributed by atoms with Crippen LogP contribution in [0.5, 0.6) is 0 Å². The number of aliphatic imine (C=N–C) groups is 2. The molecule has 0 heterocycles. The van der Waals surface area contributed by atoms with Crippen LogP contribution in [-0.2, 0) is 0 Å². The molecule has 0 atom stereocenters. The smallest absolute Gasteiger partial charge is 0.0907 e. The van der Waals surface area contributed by atoms with Crippen LogP contribution in [0.2, 0.25) is 0 Å². The molecule has 0 spiro atoms. The number of rotatable bonds is 3. The Bertz CT molecular complexity index is 228. The molecule has 12 heavy (non-hydrogen) atoms. The Balaban J connectivity index is 4.98. The normalized spacial score (nSPS) is 11.3. The third-order valence-electron chi connectivity index (χ3n) is 2.15. The fourth-order valence-corrected chi connectivity index (χ4v) is 0.958. The van der Waals surface area contributed by atoms with Crippen molar-refractivity contribution < 1.29 is 0 Å². The Kier molecular flexibility index (Phi) is 3.88. The molecular weight excluding hydrogens is 188 g/mol. The van der Waals surface area contributed by atoms with E-state index in [9.17, 15) is 0 Å². The van der Waals surface area contributed by atoms with Gasteiger partial charge >= 0.3 is 0 Å². The van der Waals surface area contributed by atoms with Gasteiger partial charge in [0.2, 0.25) is 0 Å². The molecule has 0 aromatic carbocycles. The fraction of sp³-hybridized carbons (Fsp3) is 0.750. The molecule has 2 nitrogen and oxygen atoms in total. The van der Waals surface area contributed by atoms with Gasteiger partial charge in [-0.1, -0.05) is 0 Å². The first-order valence-electron chi connectivity index (χ1n) is 3.55. The Morgan fingerprint density at radius 2 is 1.08 bits per heavy atom. The van der Waals surface area contributed by atoms with Crippen molar-refractivity contribution in [1.29, 1.82) is 0 Å². The van der Waals surface area contributed by atoms with Gasteiger partial charge in [0.05, 0.1) is 21.4 Å². The van der Waals surface area contributed by atoms with Crippen molar-refractivity contribution in [2.75, 3.05) is 0 Å². The van der Waals surface area contributed by atoms with Crippen molar-refractivity contribution in [3.63, 3.8) is 0 Å². The summed E-state index contributed by atoms with van der Waals surface area (Å²) < 4.78 is 0. The second kappa shape index (κ2) is 4.01. The average molecular weight is 200 g/mol. The highest BCUT2D eigenvalue weighted by Crippen LogP contribution is 2.28. The number of thiocarbonyl (C=S) groups is 2. The van der Waals surface area contributed by atoms with Gasteiger partial charge in [0.15, 0.2) is 0 Å². The van der Waals surface area contributed by atoms with Gasteiger partial charge in [-0.2, -0.15) is 0 Å². The van der Waals surface area contributed by atoms with Crippen molar-refractivity contribution in [3.05, 3.63) is 0 Å². The minimum atomic E-state index is -0.388. The molecule has 0 saturated carbocycles. The van der Waals surface area contributed by atoms with Gasteiger partial charge in [0.1, 0.15) is 0 Å². The summed E-state index contributed by atoms with van der Waals surface area (Å²) in [6.07, 6.45) is 0. The van der Waals surface area contributed by atoms with E-state index >= 15 is 0 Å². The van der Waals surface area contributed by atoms with E-state index in [1.807, 2.05) is 27.7 Å². The topological polar surface area (TPSA) is 24.7 Å². The lowest BCUT2D eigenvalue weighted by Crippen LogP contribution is -2.41. The second-order valence-electron chi connectivity index (χ2n) is 3.52. The third kappa shape index (κ3) is 2.58. The molecule has 0 aromatic rings. The van der Waals surface area contributed by atoms with Crippen molar-refractivity contribution >= 4 is 34.8 Å². The molecular formula is C8H12N2S2. The van der Waals surface area contributed by atoms with E-state index in [1.54, 1.807) is 0 Å². The zero-order valence-corrected chi connectivity index (χ0v) is 9.34. The van der Waals surface area contributed by atoms with Crippen LogP contribution >= 0.6 is 24.4 Å². The molecule has 0 rings (SSSR count). The summed E-state index contributed by atoms with van der Waals surface area (Å²) in [6.45, 7) is 7.73. The third-order valence-corrected chi connectivity index (χ3v) is 2.33. The van der Waals surface area contributed by atoms with Crippen LogP contribution in [0.4, 0.5) is 0 Å². The number of hydrogen-bond donors (Lipinski definition) is 0. The van der Waals surface area contributed by atoms with Crippen LogP contribution in [0.25, 0.3) is 0 Å². The van der Waals surface area contributed by atoms with Crippen LogP contribution < -0.4 is 0 Å². The van der Waals surface area contributed by atoms with Gasteiger partial charge in [-0.3, -0.25) is 0 Å². The summed E-state index contributed by atoms with van der Waals surface area (Å²) >= 11 is 9.10. The molecule has 0 fully saturated rings. The highest BCUT2D eigenvalue weighted by molar-refractivity contribution is 7.78. The SMILES string of the molecule is CC(C)(N=C=S)C(C)(C)N=C=S. The van der Waals surface area contributed by atoms with E-state index in [-0.39, 0.29) is 11.1 Å². The molecule has 0 radical (unpaired) electrons. The number of nitrogens with zero attached hydrogens (tertiary/aromatic N) is 2. The largest absolute Gasteiger partial charge is 0.224 e. The Labute approximate surface area is 83.8 Å². The maximum Gasteiger partial charge on any atom is 0.0907 e. The zero-order valence-electron chi connectivity index (χ0n) is 7.71. The van der Waals surface area contributed by atoms with E-state index in [0.29, 0.717) is 0 Å². The summed E-state index contributed by atoms with van der Waals surface area (Å²) in [7, 11) is 0. The minimum absolute atomic E-state index is 0.388. The quantitative estimate of drug-likeness (QED) is 0.517. The van der Waals surface area contributed by atoms with Crippen LogP contribution in [0.3, 0.4) is 0 Å². The maximum atomic E-state index is 4.55. The summed E-state index contributed by atoms with van der Waals surface area (Å²) in [5, 5.41) is 4.72. The summed E-state index contributed by atoms with van der Waals surface area (Å²) in [6, 6.07) is 0. The molecule has 0 saturated heterocycles. The molecule has 0 aliphatic carbocycles. The predicted octanol–water partition coefficient (Wildman–Crippen LogP) is 2.75. The lowest BCUT2D eigenvalue weighted by molar-refractivity contribution is 0.318. The first-order chi connectivity index (χ1) is 5.37. The summed E-state index contributed by atoms with van der Waals surface area (Å²) in [5.74, 6) is 0. The van der Waals surface area contributed by atoms with Crippen LogP contribution in [0.1, 0.15) is 27.7 Å². The molecule has 4 heteroatoms. The van der Waals surface area contributed by atoms with Crippen molar-refractivity contribution in [2.45, 2.75) is 38.8 Å². The molecule has 0 aliphatic rings. The second-order valence-corrected chi connectivity index (χ2v) is 3.89. The van der Waals surface area contributed by atoms with E-state index in [4.69, 9.17) is 0 Å². The molecule has 0 N–H and O–H groups in total. The van der Waals surface area contributed by atoms with Crippen LogP contribution in [0.15, 0.2) is 9.98 Å². The van der Waals surface area contributed by atoms with Gasteiger partial charge in [0, 0.05) is 0 Å². The zero-order chi connectivity index (χ0) is 9.83. The number of isothiocyanates is 2. The Morgan fingerprint density at radius 3 is 1.25 bits per heavy atom. The maximum absolute atomic E-state index is 4.55. The van der Waals surface area contributed by atoms with Crippen molar-refractivity contribution in [2.24, 2.45) is 9.98 Å². The van der Waals surface area contributed by atoms with E-state index in [0.717, 1.165) is 0 Å². The minimum Gasteiger partial charge on any atom is -0.224 e. The molecule has 0 unspecified atom stereocenters. The van der Waals surface area contributed by atoms with Crippen molar-refractivity contribution in [3.8, 4) is 0 Å². The van der Waals surface area contributed by atoms with Gasteiger partial charge in [-0.25, -0.2) is 9.98 Å². The monoisotopic (exact) mass is 200 g/mol. The standard InChI is InChI=1S/C8H12N2S2/c1-7(2,9-5-11)8(3,4)10-6-12/h1-4H3. The summed E-state index contributed by atoms with van der Waals surface area (Å²) in [4.78, 5) is 8.06. The Morgan fingerprint density at radius 1 is 0.833 bits per heavy atom. The van der Waals surface area contributed by atoms with Gasteiger partial charge in [0.25, 0.3) is 0 Å². The molecule has 0 bridgehead atoms. The Hall–Kier alpha value is -0.400. The highest BCUT2D eigenvalue weighted by Gasteiger charge is 2.36. The molecule has 66 valence electrons. The van der Waals surface area contributed by atoms with Gasteiger partial charge in [-0.15, -0.1) is 0 Å². The average Bonchev–Trinajstić information content (AvgIpc) is 1.86. The van der Waals surface area contributed by atoms with E-state index in [2.05, 4.69) is 44.7 Å². The number of hydrogen-bond acceptors (Lipinski definition) is 4. The lowest BCUT2D eigenvalue weighted by Gasteiger charge is -2.32. The van der Waals surface area contributed by atoms with Crippen LogP contribution in [-0.4, -0.2) is 21.4 Å². The van der Waals surface area contributed by atoms with Crippen molar-refractivity contribution in [1.82, 2.24) is 0 Å². The summed E-state index contributed by atoms with van der Waals surface area (Å²) in [5.41, 5.74) is -0.777. The van der Waals surface area contributed by atoms with Crippen LogP contribution in [0, 0.1) is 0 Å². The fourth-order valence-electron chi connectivity index (χ4n) is 0.502. The first kappa shape index (κ1) is 11.6. The van der Waals surface area contributed by atoms with Gasteiger partial charge in [-0.05, 0) is 52.1 Å². The molecule has 0 amide bonds. The molecule has 0 aromatic heterocycles. The molecule has 0 aliphatic heterocycles. The van der Waals surface area contributed by atoms with Gasteiger partial charge < -0.3 is 0 Å².